The second-order valence-electron chi connectivity index (χ2n) is 21.4. The van der Waals surface area contributed by atoms with Crippen LogP contribution in [0.5, 0.6) is 11.5 Å². The van der Waals surface area contributed by atoms with Gasteiger partial charge in [-0.2, -0.15) is 10.1 Å². The number of para-hydroxylation sites is 1. The van der Waals surface area contributed by atoms with Crippen molar-refractivity contribution in [2.24, 2.45) is 40.6 Å². The topological polar surface area (TPSA) is 235 Å². The molecule has 6 aliphatic rings. The van der Waals surface area contributed by atoms with Crippen LogP contribution in [0.2, 0.25) is 0 Å². The molecule has 4 saturated carbocycles. The molecule has 2 aliphatic heterocycles. The van der Waals surface area contributed by atoms with Crippen molar-refractivity contribution in [3.05, 3.63) is 77.6 Å². The Morgan fingerprint density at radius 3 is 1.38 bits per heavy atom. The van der Waals surface area contributed by atoms with Crippen LogP contribution in [0.4, 0.5) is 5.69 Å². The van der Waals surface area contributed by atoms with Crippen molar-refractivity contribution in [3.63, 3.8) is 0 Å². The molecule has 0 N–H and O–H groups in total. The standard InChI is InChI=1S/C61H74N2O17S2/c1-4-49(64)73-32-10-34-75-56(67)40-18-22-42(23-19-40)58(69)79-45-26-14-38(15-27-45)36-77-47-30-31-48(54-53(47)81-61(82-54)51-52(60(71)72-6-3)62-63(55(51)66)44-12-8-7-9-13-44)78-37-39-16-28-46(29-17-39)80-59(70)43-24-20-41(21-25-43)57(68)76-35-11-33-74-50(65)5-2/h4-5,7-9,12-13,30-31,38-43,45-46H,1-2,6,10-11,14-29,32-37H2,3H3. The molecule has 1 amide bonds. The zero-order valence-electron chi connectivity index (χ0n) is 46.6. The highest BCUT2D eigenvalue weighted by molar-refractivity contribution is 8.25. The van der Waals surface area contributed by atoms with Gasteiger partial charge in [-0.05, 0) is 146 Å². The lowest BCUT2D eigenvalue weighted by Gasteiger charge is -2.31. The number of carbonyl (C=O) groups is 8. The van der Waals surface area contributed by atoms with E-state index in [0.29, 0.717) is 125 Å². The Labute approximate surface area is 486 Å². The number of rotatable bonds is 25. The normalized spacial score (nSPS) is 24.2. The molecule has 0 aromatic heterocycles. The predicted molar refractivity (Wildman–Crippen MR) is 302 cm³/mol. The van der Waals surface area contributed by atoms with Crippen molar-refractivity contribution in [1.29, 1.82) is 0 Å². The number of fused-ring (bicyclic) bond motifs is 1. The van der Waals surface area contributed by atoms with Crippen molar-refractivity contribution in [3.8, 4) is 11.5 Å². The van der Waals surface area contributed by atoms with Crippen LogP contribution >= 0.6 is 23.5 Å². The number of hydrazone groups is 1. The number of nitrogens with zero attached hydrogens (tertiary/aromatic N) is 2. The highest BCUT2D eigenvalue weighted by Gasteiger charge is 2.42. The van der Waals surface area contributed by atoms with E-state index in [4.69, 9.17) is 42.6 Å². The fraction of sp³-hybridized carbons (Fsp3) is 0.557. The molecule has 0 bridgehead atoms. The summed E-state index contributed by atoms with van der Waals surface area (Å²) in [4.78, 5) is 104. The van der Waals surface area contributed by atoms with E-state index in [2.05, 4.69) is 18.3 Å². The maximum atomic E-state index is 14.3. The van der Waals surface area contributed by atoms with E-state index in [9.17, 15) is 38.4 Å². The number of amides is 1. The summed E-state index contributed by atoms with van der Waals surface area (Å²) in [5.74, 6) is -2.77. The molecule has 0 radical (unpaired) electrons. The largest absolute Gasteiger partial charge is 0.492 e. The first-order chi connectivity index (χ1) is 39.8. The van der Waals surface area contributed by atoms with Gasteiger partial charge in [0.15, 0.2) is 5.71 Å². The Morgan fingerprint density at radius 2 is 0.963 bits per heavy atom. The first kappa shape index (κ1) is 61.5. The first-order valence-corrected chi connectivity index (χ1v) is 30.5. The summed E-state index contributed by atoms with van der Waals surface area (Å²) in [7, 11) is 0. The number of esters is 7. The van der Waals surface area contributed by atoms with Gasteiger partial charge in [0.2, 0.25) is 0 Å². The van der Waals surface area contributed by atoms with Crippen molar-refractivity contribution in [1.82, 2.24) is 0 Å². The number of benzene rings is 2. The fourth-order valence-corrected chi connectivity index (χ4v) is 13.7. The molecular weight excluding hydrogens is 1100 g/mol. The molecule has 82 heavy (non-hydrogen) atoms. The lowest BCUT2D eigenvalue weighted by Crippen LogP contribution is -2.32. The van der Waals surface area contributed by atoms with Crippen LogP contribution in [-0.4, -0.2) is 112 Å². The predicted octanol–water partition coefficient (Wildman–Crippen LogP) is 9.96. The Hall–Kier alpha value is -6.61. The number of hydrogen-bond acceptors (Lipinski definition) is 20. The van der Waals surface area contributed by atoms with E-state index in [0.717, 1.165) is 47.6 Å². The third-order valence-corrected chi connectivity index (χ3v) is 18.4. The number of ether oxygens (including phenoxy) is 9. The maximum Gasteiger partial charge on any atom is 0.359 e. The summed E-state index contributed by atoms with van der Waals surface area (Å²) in [6.07, 6.45) is 12.8. The van der Waals surface area contributed by atoms with E-state index in [1.807, 2.05) is 18.2 Å². The van der Waals surface area contributed by atoms with Crippen LogP contribution in [0.3, 0.4) is 0 Å². The van der Waals surface area contributed by atoms with Crippen molar-refractivity contribution in [2.75, 3.05) is 51.3 Å². The summed E-state index contributed by atoms with van der Waals surface area (Å²) < 4.78 is 51.9. The summed E-state index contributed by atoms with van der Waals surface area (Å²) >= 11 is 2.66. The van der Waals surface area contributed by atoms with Crippen molar-refractivity contribution < 1.29 is 81.0 Å². The second-order valence-corrected chi connectivity index (χ2v) is 23.7. The number of hydrogen-bond donors (Lipinski definition) is 0. The first-order valence-electron chi connectivity index (χ1n) is 28.8. The third-order valence-electron chi connectivity index (χ3n) is 15.7. The van der Waals surface area contributed by atoms with Crippen molar-refractivity contribution in [2.45, 2.75) is 144 Å². The Kier molecular flexibility index (Phi) is 23.0. The van der Waals surface area contributed by atoms with Crippen LogP contribution < -0.4 is 14.5 Å². The summed E-state index contributed by atoms with van der Waals surface area (Å²) in [5.41, 5.74) is 0.546. The summed E-state index contributed by atoms with van der Waals surface area (Å²) in [6, 6.07) is 12.7. The van der Waals surface area contributed by atoms with Gasteiger partial charge in [0.25, 0.3) is 5.91 Å². The van der Waals surface area contributed by atoms with E-state index in [1.165, 1.54) is 28.5 Å². The molecule has 21 heteroatoms. The molecule has 2 aromatic rings. The monoisotopic (exact) mass is 1170 g/mol. The minimum atomic E-state index is -0.710. The van der Waals surface area contributed by atoms with E-state index in [1.54, 1.807) is 31.2 Å². The SMILES string of the molecule is C=CC(=O)OCCCOC(=O)C1CCC(C(=O)OC2CCC(COc3ccc(OCC4CCC(OC(=O)C5CCC(C(=O)OCCCOC(=O)C=C)CC5)CC4)c4c3SC(=C3C(=O)N(c5ccccc5)N=C3C(=O)OCC)S4)CC2)CC1. The van der Waals surface area contributed by atoms with E-state index < -0.39 is 23.8 Å². The molecule has 0 spiro atoms. The smallest absolute Gasteiger partial charge is 0.359 e. The molecule has 0 unspecified atom stereocenters. The van der Waals surface area contributed by atoms with Crippen LogP contribution in [0.1, 0.15) is 122 Å². The quantitative estimate of drug-likeness (QED) is 0.0389. The molecule has 0 atom stereocenters. The molecule has 0 saturated heterocycles. The highest BCUT2D eigenvalue weighted by atomic mass is 32.2. The van der Waals surface area contributed by atoms with Gasteiger partial charge >= 0.3 is 41.8 Å². The second kappa shape index (κ2) is 30.6. The average Bonchev–Trinajstić information content (AvgIpc) is 4.21. The summed E-state index contributed by atoms with van der Waals surface area (Å²) in [5, 5.41) is 5.72. The van der Waals surface area contributed by atoms with Crippen LogP contribution in [0, 0.1) is 35.5 Å². The van der Waals surface area contributed by atoms with Crippen LogP contribution in [0.15, 0.2) is 92.5 Å². The number of carbonyl (C=O) groups excluding carboxylic acids is 8. The van der Waals surface area contributed by atoms with Crippen molar-refractivity contribution >= 4 is 82.6 Å². The van der Waals surface area contributed by atoms with Crippen LogP contribution in [-0.2, 0) is 71.5 Å². The lowest BCUT2D eigenvalue weighted by molar-refractivity contribution is -0.160. The maximum absolute atomic E-state index is 14.3. The van der Waals surface area contributed by atoms with Gasteiger partial charge in [0, 0.05) is 25.0 Å². The number of thioether (sulfide) groups is 2. The molecule has 4 aliphatic carbocycles. The Bertz CT molecular complexity index is 2570. The fourth-order valence-electron chi connectivity index (χ4n) is 11.0. The third kappa shape index (κ3) is 16.8. The minimum Gasteiger partial charge on any atom is -0.492 e. The Balaban J connectivity index is 0.835. The van der Waals surface area contributed by atoms with Gasteiger partial charge in [-0.3, -0.25) is 24.0 Å². The van der Waals surface area contributed by atoms with Gasteiger partial charge in [-0.1, -0.05) is 54.9 Å². The van der Waals surface area contributed by atoms with Gasteiger partial charge < -0.3 is 42.6 Å². The Morgan fingerprint density at radius 1 is 0.549 bits per heavy atom. The highest BCUT2D eigenvalue weighted by Crippen LogP contribution is 2.60. The average molecular weight is 1170 g/mol. The van der Waals surface area contributed by atoms with E-state index in [-0.39, 0.29) is 116 Å². The zero-order chi connectivity index (χ0) is 58.0. The summed E-state index contributed by atoms with van der Waals surface area (Å²) in [6.45, 7) is 9.89. The van der Waals surface area contributed by atoms with Gasteiger partial charge in [0.05, 0.1) is 95.2 Å². The molecule has 8 rings (SSSR count). The van der Waals surface area contributed by atoms with Gasteiger partial charge in [0.1, 0.15) is 23.7 Å². The molecule has 2 aromatic carbocycles. The number of anilines is 1. The van der Waals surface area contributed by atoms with Crippen LogP contribution in [0.25, 0.3) is 0 Å². The van der Waals surface area contributed by atoms with E-state index >= 15 is 0 Å². The lowest BCUT2D eigenvalue weighted by atomic mass is 9.82. The molecule has 19 nitrogen and oxygen atoms in total. The molecular formula is C61H74N2O17S2. The molecule has 442 valence electrons. The zero-order valence-corrected chi connectivity index (χ0v) is 48.2. The molecule has 2 heterocycles. The van der Waals surface area contributed by atoms with Gasteiger partial charge in [-0.15, -0.1) is 0 Å². The molecule has 4 fully saturated rings. The minimum absolute atomic E-state index is 0.0870. The van der Waals surface area contributed by atoms with Gasteiger partial charge in [-0.25, -0.2) is 14.4 Å².